The summed E-state index contributed by atoms with van der Waals surface area (Å²) in [6.07, 6.45) is 0.337. The van der Waals surface area contributed by atoms with E-state index in [1.54, 1.807) is 18.3 Å². The Balaban J connectivity index is 1.91. The highest BCUT2D eigenvalue weighted by Gasteiger charge is 2.21. The van der Waals surface area contributed by atoms with E-state index < -0.39 is 12.3 Å². The molecule has 1 aromatic heterocycles. The molecule has 17 heavy (non-hydrogen) atoms. The van der Waals surface area contributed by atoms with Crippen LogP contribution in [-0.2, 0) is 6.54 Å². The molecule has 2 N–H and O–H groups in total. The Labute approximate surface area is 98.3 Å². The lowest BCUT2D eigenvalue weighted by atomic mass is 10.2. The summed E-state index contributed by atoms with van der Waals surface area (Å²) in [5.74, 6) is 0.297. The normalized spacial score (nSPS) is 20.4. The second kappa shape index (κ2) is 5.09. The minimum Gasteiger partial charge on any atom is -0.465 e. The molecule has 1 aliphatic heterocycles. The van der Waals surface area contributed by atoms with Gasteiger partial charge in [-0.15, -0.1) is 0 Å². The van der Waals surface area contributed by atoms with Crippen LogP contribution in [0.4, 0.5) is 15.0 Å². The van der Waals surface area contributed by atoms with Gasteiger partial charge in [-0.05, 0) is 18.1 Å². The summed E-state index contributed by atoms with van der Waals surface area (Å²) >= 11 is 0. The summed E-state index contributed by atoms with van der Waals surface area (Å²) in [7, 11) is 0. The van der Waals surface area contributed by atoms with Gasteiger partial charge in [0.2, 0.25) is 0 Å². The van der Waals surface area contributed by atoms with Crippen LogP contribution >= 0.6 is 0 Å². The number of alkyl halides is 1. The van der Waals surface area contributed by atoms with Gasteiger partial charge in [-0.1, -0.05) is 6.07 Å². The predicted molar refractivity (Wildman–Crippen MR) is 60.7 cm³/mol. The molecule has 1 fully saturated rings. The Bertz CT molecular complexity index is 396. The number of hydrogen-bond acceptors (Lipinski definition) is 3. The zero-order valence-corrected chi connectivity index (χ0v) is 9.27. The fraction of sp³-hybridized carbons (Fsp3) is 0.455. The van der Waals surface area contributed by atoms with Gasteiger partial charge in [0.25, 0.3) is 0 Å². The van der Waals surface area contributed by atoms with Crippen LogP contribution in [0, 0.1) is 0 Å². The van der Waals surface area contributed by atoms with Gasteiger partial charge in [-0.2, -0.15) is 0 Å². The van der Waals surface area contributed by atoms with Crippen molar-refractivity contribution >= 4 is 11.9 Å². The molecule has 0 aliphatic carbocycles. The fourth-order valence-corrected chi connectivity index (χ4v) is 1.89. The lowest BCUT2D eigenvalue weighted by Gasteiger charge is -2.14. The highest BCUT2D eigenvalue weighted by Crippen LogP contribution is 2.15. The first-order valence-electron chi connectivity index (χ1n) is 5.45. The molecular weight excluding hydrogens is 225 g/mol. The summed E-state index contributed by atoms with van der Waals surface area (Å²) in [5, 5.41) is 10.7. The van der Waals surface area contributed by atoms with Crippen LogP contribution in [0.2, 0.25) is 0 Å². The molecular formula is C11H14FN3O2. The van der Waals surface area contributed by atoms with Gasteiger partial charge in [0.05, 0.1) is 0 Å². The minimum absolute atomic E-state index is 0.297. The van der Waals surface area contributed by atoms with E-state index in [2.05, 4.69) is 10.3 Å². The van der Waals surface area contributed by atoms with E-state index in [9.17, 15) is 9.18 Å². The van der Waals surface area contributed by atoms with Gasteiger partial charge in [0.15, 0.2) is 0 Å². The first-order chi connectivity index (χ1) is 8.13. The van der Waals surface area contributed by atoms with Crippen LogP contribution in [0.1, 0.15) is 12.0 Å². The van der Waals surface area contributed by atoms with Gasteiger partial charge < -0.3 is 5.11 Å². The molecule has 0 aromatic carbocycles. The summed E-state index contributed by atoms with van der Waals surface area (Å²) < 4.78 is 13.0. The van der Waals surface area contributed by atoms with Crippen LogP contribution in [0.15, 0.2) is 18.3 Å². The van der Waals surface area contributed by atoms with E-state index in [4.69, 9.17) is 5.11 Å². The van der Waals surface area contributed by atoms with Crippen molar-refractivity contribution in [3.05, 3.63) is 23.9 Å². The maximum atomic E-state index is 13.0. The number of pyridine rings is 1. The molecule has 0 bridgehead atoms. The largest absolute Gasteiger partial charge is 0.465 e. The van der Waals surface area contributed by atoms with Crippen LogP contribution in [0.3, 0.4) is 0 Å². The van der Waals surface area contributed by atoms with Gasteiger partial charge >= 0.3 is 6.09 Å². The monoisotopic (exact) mass is 239 g/mol. The second-order valence-corrected chi connectivity index (χ2v) is 4.10. The van der Waals surface area contributed by atoms with E-state index in [1.165, 1.54) is 0 Å². The van der Waals surface area contributed by atoms with E-state index in [1.807, 2.05) is 4.90 Å². The number of rotatable bonds is 3. The third kappa shape index (κ3) is 3.39. The average molecular weight is 239 g/mol. The first-order valence-corrected chi connectivity index (χ1v) is 5.45. The molecule has 1 saturated heterocycles. The zero-order valence-electron chi connectivity index (χ0n) is 9.27. The molecule has 0 radical (unpaired) electrons. The zero-order chi connectivity index (χ0) is 12.3. The molecule has 1 aromatic rings. The number of anilines is 1. The van der Waals surface area contributed by atoms with E-state index in [0.29, 0.717) is 25.3 Å². The number of hydrogen-bond donors (Lipinski definition) is 2. The minimum atomic E-state index is -1.13. The standard InChI is InChI=1S/C11H14FN3O2/c12-9-3-4-15(7-9)6-8-1-2-10(13-5-8)14-11(16)17/h1-2,5,9H,3-4,6-7H2,(H,13,14)(H,16,17). The molecule has 0 spiro atoms. The van der Waals surface area contributed by atoms with Crippen LogP contribution in [0.25, 0.3) is 0 Å². The molecule has 1 aliphatic rings. The number of likely N-dealkylation sites (tertiary alicyclic amines) is 1. The molecule has 2 heterocycles. The smallest absolute Gasteiger partial charge is 0.410 e. The lowest BCUT2D eigenvalue weighted by Crippen LogP contribution is -2.20. The number of aromatic nitrogens is 1. The SMILES string of the molecule is O=C(O)Nc1ccc(CN2CCC(F)C2)cn1. The van der Waals surface area contributed by atoms with Crippen molar-refractivity contribution in [3.63, 3.8) is 0 Å². The lowest BCUT2D eigenvalue weighted by molar-refractivity contribution is 0.209. The van der Waals surface area contributed by atoms with Crippen LogP contribution < -0.4 is 5.32 Å². The van der Waals surface area contributed by atoms with Crippen molar-refractivity contribution in [3.8, 4) is 0 Å². The van der Waals surface area contributed by atoms with Gasteiger partial charge in [-0.3, -0.25) is 10.2 Å². The van der Waals surface area contributed by atoms with Crippen molar-refractivity contribution in [2.75, 3.05) is 18.4 Å². The van der Waals surface area contributed by atoms with Crippen LogP contribution in [0.5, 0.6) is 0 Å². The summed E-state index contributed by atoms with van der Waals surface area (Å²) in [6.45, 7) is 1.88. The number of halogens is 1. The highest BCUT2D eigenvalue weighted by molar-refractivity contribution is 5.81. The van der Waals surface area contributed by atoms with Crippen molar-refractivity contribution < 1.29 is 14.3 Å². The number of nitrogens with one attached hydrogen (secondary N) is 1. The summed E-state index contributed by atoms with van der Waals surface area (Å²) in [5.41, 5.74) is 0.954. The van der Waals surface area contributed by atoms with Crippen LogP contribution in [-0.4, -0.2) is 40.3 Å². The Kier molecular flexibility index (Phi) is 3.53. The highest BCUT2D eigenvalue weighted by atomic mass is 19.1. The molecule has 5 nitrogen and oxygen atoms in total. The fourth-order valence-electron chi connectivity index (χ4n) is 1.89. The Morgan fingerprint density at radius 3 is 3.00 bits per heavy atom. The number of amides is 1. The van der Waals surface area contributed by atoms with Gasteiger partial charge in [0, 0.05) is 25.8 Å². The molecule has 1 amide bonds. The van der Waals surface area contributed by atoms with Gasteiger partial charge in [0.1, 0.15) is 12.0 Å². The van der Waals surface area contributed by atoms with E-state index >= 15 is 0 Å². The average Bonchev–Trinajstić information content (AvgIpc) is 2.66. The molecule has 6 heteroatoms. The Hall–Kier alpha value is -1.69. The molecule has 92 valence electrons. The maximum Gasteiger partial charge on any atom is 0.410 e. The summed E-state index contributed by atoms with van der Waals surface area (Å²) in [4.78, 5) is 16.4. The second-order valence-electron chi connectivity index (χ2n) is 4.10. The molecule has 1 unspecified atom stereocenters. The van der Waals surface area contributed by atoms with E-state index in [0.717, 1.165) is 12.1 Å². The maximum absolute atomic E-state index is 13.0. The first kappa shape index (κ1) is 11.8. The third-order valence-electron chi connectivity index (χ3n) is 2.68. The number of carbonyl (C=O) groups is 1. The van der Waals surface area contributed by atoms with E-state index in [-0.39, 0.29) is 0 Å². The Morgan fingerprint density at radius 2 is 2.47 bits per heavy atom. The molecule has 0 saturated carbocycles. The van der Waals surface area contributed by atoms with Crippen molar-refractivity contribution in [2.45, 2.75) is 19.1 Å². The van der Waals surface area contributed by atoms with Crippen molar-refractivity contribution in [2.24, 2.45) is 0 Å². The van der Waals surface area contributed by atoms with Crippen molar-refractivity contribution in [1.29, 1.82) is 0 Å². The summed E-state index contributed by atoms with van der Waals surface area (Å²) in [6, 6.07) is 3.40. The van der Waals surface area contributed by atoms with Gasteiger partial charge in [-0.25, -0.2) is 14.2 Å². The molecule has 2 rings (SSSR count). The molecule has 1 atom stereocenters. The number of carboxylic acid groups (broad SMARTS) is 1. The van der Waals surface area contributed by atoms with Crippen molar-refractivity contribution in [1.82, 2.24) is 9.88 Å². The Morgan fingerprint density at radius 1 is 1.65 bits per heavy atom. The topological polar surface area (TPSA) is 65.5 Å². The quantitative estimate of drug-likeness (QED) is 0.842. The number of nitrogens with zero attached hydrogens (tertiary/aromatic N) is 2. The third-order valence-corrected chi connectivity index (χ3v) is 2.68. The predicted octanol–water partition coefficient (Wildman–Crippen LogP) is 1.72.